The lowest BCUT2D eigenvalue weighted by Gasteiger charge is -2.35. The molecule has 0 aliphatic carbocycles. The van der Waals surface area contributed by atoms with E-state index in [1.165, 1.54) is 0 Å². The zero-order chi connectivity index (χ0) is 19.8. The van der Waals surface area contributed by atoms with E-state index in [4.69, 9.17) is 21.0 Å². The maximum Gasteiger partial charge on any atom is 0.222 e. The van der Waals surface area contributed by atoms with E-state index in [-0.39, 0.29) is 10.3 Å². The van der Waals surface area contributed by atoms with Crippen molar-refractivity contribution < 1.29 is 4.43 Å². The van der Waals surface area contributed by atoms with Gasteiger partial charge in [0.05, 0.1) is 17.6 Å². The Labute approximate surface area is 166 Å². The minimum atomic E-state index is -1.81. The summed E-state index contributed by atoms with van der Waals surface area (Å²) < 4.78 is 8.47. The number of benzene rings is 1. The SMILES string of the molecule is Cn1c(CO[Si](C)(C)C(C)(C)C)nc2cc(Cc3ccnc(Cl)n3)ccc21. The van der Waals surface area contributed by atoms with Gasteiger partial charge in [0.15, 0.2) is 8.32 Å². The summed E-state index contributed by atoms with van der Waals surface area (Å²) in [6, 6.07) is 8.21. The topological polar surface area (TPSA) is 52.8 Å². The Bertz CT molecular complexity index is 962. The quantitative estimate of drug-likeness (QED) is 0.438. The average Bonchev–Trinajstić information content (AvgIpc) is 2.88. The van der Waals surface area contributed by atoms with Crippen molar-refractivity contribution in [2.45, 2.75) is 51.9 Å². The summed E-state index contributed by atoms with van der Waals surface area (Å²) in [7, 11) is 0.238. The number of rotatable bonds is 5. The largest absolute Gasteiger partial charge is 0.409 e. The lowest BCUT2D eigenvalue weighted by Crippen LogP contribution is -2.40. The van der Waals surface area contributed by atoms with Crippen LogP contribution in [0.5, 0.6) is 0 Å². The highest BCUT2D eigenvalue weighted by molar-refractivity contribution is 6.74. The zero-order valence-corrected chi connectivity index (χ0v) is 18.6. The minimum absolute atomic E-state index is 0.184. The Balaban J connectivity index is 1.82. The fourth-order valence-electron chi connectivity index (χ4n) is 2.67. The smallest absolute Gasteiger partial charge is 0.222 e. The van der Waals surface area contributed by atoms with Gasteiger partial charge in [-0.1, -0.05) is 26.8 Å². The average molecular weight is 403 g/mol. The van der Waals surface area contributed by atoms with E-state index in [0.717, 1.165) is 28.1 Å². The van der Waals surface area contributed by atoms with Gasteiger partial charge in [-0.15, -0.1) is 0 Å². The second-order valence-corrected chi connectivity index (χ2v) is 13.6. The Morgan fingerprint density at radius 2 is 1.89 bits per heavy atom. The fourth-order valence-corrected chi connectivity index (χ4v) is 3.76. The highest BCUT2D eigenvalue weighted by Crippen LogP contribution is 2.37. The predicted molar refractivity (Wildman–Crippen MR) is 113 cm³/mol. The van der Waals surface area contributed by atoms with E-state index >= 15 is 0 Å². The molecule has 3 aromatic rings. The van der Waals surface area contributed by atoms with Crippen LogP contribution in [-0.4, -0.2) is 27.8 Å². The van der Waals surface area contributed by atoms with Gasteiger partial charge in [0.2, 0.25) is 5.28 Å². The normalized spacial score (nSPS) is 12.7. The molecular weight excluding hydrogens is 376 g/mol. The molecule has 0 saturated carbocycles. The molecule has 2 heterocycles. The third-order valence-corrected chi connectivity index (χ3v) is 10.1. The second kappa shape index (κ2) is 7.34. The van der Waals surface area contributed by atoms with Crippen LogP contribution in [0.4, 0.5) is 0 Å². The number of imidazole rings is 1. The van der Waals surface area contributed by atoms with E-state index in [9.17, 15) is 0 Å². The molecule has 0 fully saturated rings. The summed E-state index contributed by atoms with van der Waals surface area (Å²) in [5.41, 5.74) is 4.12. The van der Waals surface area contributed by atoms with E-state index in [1.807, 2.05) is 13.1 Å². The molecule has 0 radical (unpaired) electrons. The van der Waals surface area contributed by atoms with E-state index in [0.29, 0.717) is 13.0 Å². The molecule has 5 nitrogen and oxygen atoms in total. The Morgan fingerprint density at radius 3 is 2.56 bits per heavy atom. The maximum absolute atomic E-state index is 6.35. The molecular formula is C20H27ClN4OSi. The van der Waals surface area contributed by atoms with E-state index in [2.05, 4.69) is 66.6 Å². The van der Waals surface area contributed by atoms with Gasteiger partial charge in [-0.2, -0.15) is 0 Å². The fraction of sp³-hybridized carbons (Fsp3) is 0.450. The third kappa shape index (κ3) is 4.39. The summed E-state index contributed by atoms with van der Waals surface area (Å²) in [5, 5.41) is 0.459. The molecule has 1 aromatic carbocycles. The third-order valence-electron chi connectivity index (χ3n) is 5.48. The summed E-state index contributed by atoms with van der Waals surface area (Å²) in [6.45, 7) is 11.8. The molecule has 2 aromatic heterocycles. The van der Waals surface area contributed by atoms with Crippen molar-refractivity contribution in [1.29, 1.82) is 0 Å². The first kappa shape index (κ1) is 20.0. The molecule has 0 spiro atoms. The van der Waals surface area contributed by atoms with Gasteiger partial charge in [0, 0.05) is 25.4 Å². The second-order valence-electron chi connectivity index (χ2n) is 8.45. The van der Waals surface area contributed by atoms with Gasteiger partial charge in [0.1, 0.15) is 5.82 Å². The Hall–Kier alpha value is -1.76. The molecule has 0 aliphatic rings. The van der Waals surface area contributed by atoms with Gasteiger partial charge in [0.25, 0.3) is 0 Å². The molecule has 0 saturated heterocycles. The number of aryl methyl sites for hydroxylation is 1. The first-order valence-electron chi connectivity index (χ1n) is 9.12. The number of nitrogens with zero attached hydrogens (tertiary/aromatic N) is 4. The summed E-state index contributed by atoms with van der Waals surface area (Å²) >= 11 is 5.89. The monoisotopic (exact) mass is 402 g/mol. The number of fused-ring (bicyclic) bond motifs is 1. The van der Waals surface area contributed by atoms with Crippen LogP contribution in [0.15, 0.2) is 30.5 Å². The summed E-state index contributed by atoms with van der Waals surface area (Å²) in [4.78, 5) is 13.0. The number of halogens is 1. The molecule has 27 heavy (non-hydrogen) atoms. The molecule has 3 rings (SSSR count). The van der Waals surface area contributed by atoms with Crippen LogP contribution in [-0.2, 0) is 24.5 Å². The minimum Gasteiger partial charge on any atom is -0.409 e. The van der Waals surface area contributed by atoms with Crippen LogP contribution >= 0.6 is 11.6 Å². The van der Waals surface area contributed by atoms with Crippen LogP contribution in [0.2, 0.25) is 23.4 Å². The molecule has 0 atom stereocenters. The Kier molecular flexibility index (Phi) is 5.43. The molecule has 0 unspecified atom stereocenters. The molecule has 0 N–H and O–H groups in total. The summed E-state index contributed by atoms with van der Waals surface area (Å²) in [6.07, 6.45) is 2.38. The standard InChI is InChI=1S/C20H27ClN4OSi/c1-20(2,3)27(5,6)26-13-18-24-16-12-14(7-8-17(16)25(18)4)11-15-9-10-22-19(21)23-15/h7-10,12H,11,13H2,1-6H3. The van der Waals surface area contributed by atoms with Crippen LogP contribution < -0.4 is 0 Å². The zero-order valence-electron chi connectivity index (χ0n) is 16.9. The van der Waals surface area contributed by atoms with Gasteiger partial charge in [-0.25, -0.2) is 15.0 Å². The highest BCUT2D eigenvalue weighted by Gasteiger charge is 2.37. The number of hydrogen-bond acceptors (Lipinski definition) is 4. The first-order valence-corrected chi connectivity index (χ1v) is 12.4. The lowest BCUT2D eigenvalue weighted by atomic mass is 10.1. The van der Waals surface area contributed by atoms with Crippen molar-refractivity contribution in [2.24, 2.45) is 7.05 Å². The van der Waals surface area contributed by atoms with Crippen molar-refractivity contribution in [3.63, 3.8) is 0 Å². The predicted octanol–water partition coefficient (Wildman–Crippen LogP) is 5.13. The molecule has 0 amide bonds. The number of hydrogen-bond donors (Lipinski definition) is 0. The summed E-state index contributed by atoms with van der Waals surface area (Å²) in [5.74, 6) is 0.956. The van der Waals surface area contributed by atoms with Crippen LogP contribution in [0.3, 0.4) is 0 Å². The van der Waals surface area contributed by atoms with Crippen molar-refractivity contribution in [3.8, 4) is 0 Å². The van der Waals surface area contributed by atoms with Gasteiger partial charge in [-0.3, -0.25) is 0 Å². The molecule has 0 bridgehead atoms. The van der Waals surface area contributed by atoms with Gasteiger partial charge in [-0.05, 0) is 53.5 Å². The van der Waals surface area contributed by atoms with Crippen molar-refractivity contribution in [3.05, 3.63) is 52.8 Å². The van der Waals surface area contributed by atoms with Crippen molar-refractivity contribution in [1.82, 2.24) is 19.5 Å². The molecule has 7 heteroatoms. The molecule has 0 aliphatic heterocycles. The van der Waals surface area contributed by atoms with Crippen LogP contribution in [0.25, 0.3) is 11.0 Å². The van der Waals surface area contributed by atoms with Gasteiger partial charge >= 0.3 is 0 Å². The van der Waals surface area contributed by atoms with Gasteiger partial charge < -0.3 is 8.99 Å². The van der Waals surface area contributed by atoms with E-state index in [1.54, 1.807) is 6.20 Å². The van der Waals surface area contributed by atoms with Crippen molar-refractivity contribution in [2.75, 3.05) is 0 Å². The highest BCUT2D eigenvalue weighted by atomic mass is 35.5. The Morgan fingerprint density at radius 1 is 1.15 bits per heavy atom. The van der Waals surface area contributed by atoms with Crippen LogP contribution in [0.1, 0.15) is 37.9 Å². The van der Waals surface area contributed by atoms with Crippen molar-refractivity contribution >= 4 is 31.0 Å². The lowest BCUT2D eigenvalue weighted by molar-refractivity contribution is 0.264. The number of aromatic nitrogens is 4. The van der Waals surface area contributed by atoms with Crippen LogP contribution in [0, 0.1) is 0 Å². The van der Waals surface area contributed by atoms with E-state index < -0.39 is 8.32 Å². The first-order chi connectivity index (χ1) is 12.6. The maximum atomic E-state index is 6.35. The molecule has 144 valence electrons.